The number of rotatable bonds is 5. The highest BCUT2D eigenvalue weighted by Gasteiger charge is 2.17. The van der Waals surface area contributed by atoms with E-state index < -0.39 is 12.1 Å². The molecule has 0 bridgehead atoms. The zero-order valence-electron chi connectivity index (χ0n) is 11.6. The standard InChI is InChI=1S/C14H13N3O3S/c1-9-6-11(17-20-9)8-21-13-12(4-3-5-16-13)14(18)19-10(2)7-15/h3-6,10H,8H2,1-2H3/t10-/m1/s1. The largest absolute Gasteiger partial charge is 0.444 e. The van der Waals surface area contributed by atoms with E-state index in [1.165, 1.54) is 18.7 Å². The lowest BCUT2D eigenvalue weighted by molar-refractivity contribution is 0.0430. The molecule has 6 nitrogen and oxygen atoms in total. The summed E-state index contributed by atoms with van der Waals surface area (Å²) in [6.07, 6.45) is 0.801. The van der Waals surface area contributed by atoms with Gasteiger partial charge in [0.15, 0.2) is 6.10 Å². The lowest BCUT2D eigenvalue weighted by Crippen LogP contribution is -2.14. The van der Waals surface area contributed by atoms with Crippen LogP contribution >= 0.6 is 11.8 Å². The van der Waals surface area contributed by atoms with Crippen molar-refractivity contribution < 1.29 is 14.1 Å². The van der Waals surface area contributed by atoms with Crippen LogP contribution in [0.2, 0.25) is 0 Å². The zero-order chi connectivity index (χ0) is 15.2. The van der Waals surface area contributed by atoms with E-state index in [0.29, 0.717) is 16.3 Å². The van der Waals surface area contributed by atoms with Crippen molar-refractivity contribution >= 4 is 17.7 Å². The van der Waals surface area contributed by atoms with Crippen LogP contribution in [0.4, 0.5) is 0 Å². The van der Waals surface area contributed by atoms with Crippen LogP contribution in [0.5, 0.6) is 0 Å². The Morgan fingerprint density at radius 3 is 3.10 bits per heavy atom. The topological polar surface area (TPSA) is 89.0 Å². The van der Waals surface area contributed by atoms with Crippen molar-refractivity contribution in [3.05, 3.63) is 41.4 Å². The number of thioether (sulfide) groups is 1. The fourth-order valence-electron chi connectivity index (χ4n) is 1.54. The number of esters is 1. The second-order valence-corrected chi connectivity index (χ2v) is 5.21. The highest BCUT2D eigenvalue weighted by molar-refractivity contribution is 7.98. The number of ether oxygens (including phenoxy) is 1. The van der Waals surface area contributed by atoms with Crippen LogP contribution in [-0.4, -0.2) is 22.2 Å². The van der Waals surface area contributed by atoms with Crippen LogP contribution in [0, 0.1) is 18.3 Å². The lowest BCUT2D eigenvalue weighted by atomic mass is 10.3. The zero-order valence-corrected chi connectivity index (χ0v) is 12.4. The summed E-state index contributed by atoms with van der Waals surface area (Å²) in [5, 5.41) is 13.1. The molecule has 0 aromatic carbocycles. The van der Waals surface area contributed by atoms with E-state index in [1.807, 2.05) is 19.1 Å². The first kappa shape index (κ1) is 15.1. The fraction of sp³-hybridized carbons (Fsp3) is 0.286. The molecule has 1 atom stereocenters. The molecule has 0 aliphatic rings. The van der Waals surface area contributed by atoms with Gasteiger partial charge in [0, 0.05) is 18.0 Å². The molecular formula is C14H13N3O3S. The average molecular weight is 303 g/mol. The molecule has 21 heavy (non-hydrogen) atoms. The van der Waals surface area contributed by atoms with Gasteiger partial charge in [-0.25, -0.2) is 9.78 Å². The van der Waals surface area contributed by atoms with Crippen LogP contribution in [0.15, 0.2) is 33.9 Å². The second-order valence-electron chi connectivity index (χ2n) is 4.25. The quantitative estimate of drug-likeness (QED) is 0.619. The van der Waals surface area contributed by atoms with Crippen LogP contribution in [0.25, 0.3) is 0 Å². The Balaban J connectivity index is 2.09. The summed E-state index contributed by atoms with van der Waals surface area (Å²) in [6.45, 7) is 3.33. The predicted octanol–water partition coefficient (Wildman–Crippen LogP) is 2.74. The summed E-state index contributed by atoms with van der Waals surface area (Å²) in [5.41, 5.74) is 1.11. The number of hydrogen-bond acceptors (Lipinski definition) is 7. The van der Waals surface area contributed by atoms with E-state index >= 15 is 0 Å². The number of aryl methyl sites for hydroxylation is 1. The van der Waals surface area contributed by atoms with Gasteiger partial charge in [0.2, 0.25) is 0 Å². The Kier molecular flexibility index (Phi) is 4.95. The molecule has 2 rings (SSSR count). The van der Waals surface area contributed by atoms with E-state index in [0.717, 1.165) is 11.5 Å². The normalized spacial score (nSPS) is 11.7. The van der Waals surface area contributed by atoms with Crippen molar-refractivity contribution in [2.75, 3.05) is 0 Å². The van der Waals surface area contributed by atoms with Crippen molar-refractivity contribution in [2.45, 2.75) is 30.7 Å². The summed E-state index contributed by atoms with van der Waals surface area (Å²) in [7, 11) is 0. The number of nitriles is 1. The number of aromatic nitrogens is 2. The van der Waals surface area contributed by atoms with Crippen molar-refractivity contribution in [3.8, 4) is 6.07 Å². The Bertz CT molecular complexity index is 678. The monoisotopic (exact) mass is 303 g/mol. The van der Waals surface area contributed by atoms with E-state index in [4.69, 9.17) is 14.5 Å². The van der Waals surface area contributed by atoms with E-state index in [9.17, 15) is 4.79 Å². The molecule has 108 valence electrons. The number of nitrogens with zero attached hydrogens (tertiary/aromatic N) is 3. The molecule has 2 heterocycles. The minimum Gasteiger partial charge on any atom is -0.444 e. The maximum Gasteiger partial charge on any atom is 0.342 e. The molecule has 2 aromatic rings. The summed E-state index contributed by atoms with van der Waals surface area (Å²) in [6, 6.07) is 6.95. The molecule has 0 radical (unpaired) electrons. The second kappa shape index (κ2) is 6.90. The first-order valence-corrected chi connectivity index (χ1v) is 7.19. The van der Waals surface area contributed by atoms with Crippen LogP contribution in [0.1, 0.15) is 28.7 Å². The van der Waals surface area contributed by atoms with Gasteiger partial charge in [-0.1, -0.05) is 16.9 Å². The lowest BCUT2D eigenvalue weighted by Gasteiger charge is -2.08. The summed E-state index contributed by atoms with van der Waals surface area (Å²) < 4.78 is 9.98. The minimum atomic E-state index is -0.797. The van der Waals surface area contributed by atoms with E-state index in [2.05, 4.69) is 10.1 Å². The molecule has 0 saturated carbocycles. The fourth-order valence-corrected chi connectivity index (χ4v) is 2.40. The summed E-state index contributed by atoms with van der Waals surface area (Å²) in [4.78, 5) is 16.2. The van der Waals surface area contributed by atoms with Crippen molar-refractivity contribution in [2.24, 2.45) is 0 Å². The SMILES string of the molecule is Cc1cc(CSc2ncccc2C(=O)O[C@H](C)C#N)no1. The highest BCUT2D eigenvalue weighted by atomic mass is 32.2. The van der Waals surface area contributed by atoms with Gasteiger partial charge >= 0.3 is 5.97 Å². The number of carbonyl (C=O) groups excluding carboxylic acids is 1. The third-order valence-corrected chi connectivity index (χ3v) is 3.53. The molecule has 0 aliphatic carbocycles. The predicted molar refractivity (Wildman–Crippen MR) is 75.5 cm³/mol. The molecular weight excluding hydrogens is 290 g/mol. The van der Waals surface area contributed by atoms with Gasteiger partial charge in [-0.05, 0) is 26.0 Å². The number of pyridine rings is 1. The smallest absolute Gasteiger partial charge is 0.342 e. The average Bonchev–Trinajstić information content (AvgIpc) is 2.90. The van der Waals surface area contributed by atoms with Gasteiger partial charge in [0.1, 0.15) is 16.9 Å². The Labute approximate surface area is 126 Å². The summed E-state index contributed by atoms with van der Waals surface area (Å²) >= 11 is 1.36. The molecule has 2 aromatic heterocycles. The molecule has 0 saturated heterocycles. The van der Waals surface area contributed by atoms with E-state index in [-0.39, 0.29) is 0 Å². The van der Waals surface area contributed by atoms with Crippen LogP contribution in [0.3, 0.4) is 0 Å². The number of hydrogen-bond donors (Lipinski definition) is 0. The Morgan fingerprint density at radius 2 is 2.43 bits per heavy atom. The first-order valence-electron chi connectivity index (χ1n) is 6.20. The molecule has 0 spiro atoms. The van der Waals surface area contributed by atoms with Gasteiger partial charge in [0.05, 0.1) is 11.3 Å². The minimum absolute atomic E-state index is 0.338. The molecule has 0 N–H and O–H groups in total. The van der Waals surface area contributed by atoms with Gasteiger partial charge in [-0.2, -0.15) is 5.26 Å². The van der Waals surface area contributed by atoms with Gasteiger partial charge < -0.3 is 9.26 Å². The van der Waals surface area contributed by atoms with Gasteiger partial charge in [0.25, 0.3) is 0 Å². The van der Waals surface area contributed by atoms with Crippen LogP contribution in [-0.2, 0) is 10.5 Å². The first-order chi connectivity index (χ1) is 10.1. The number of carbonyl (C=O) groups is 1. The summed E-state index contributed by atoms with van der Waals surface area (Å²) in [5.74, 6) is 0.702. The maximum absolute atomic E-state index is 12.0. The van der Waals surface area contributed by atoms with Crippen molar-refractivity contribution in [1.82, 2.24) is 10.1 Å². The van der Waals surface area contributed by atoms with Crippen molar-refractivity contribution in [1.29, 1.82) is 5.26 Å². The Morgan fingerprint density at radius 1 is 1.62 bits per heavy atom. The third-order valence-electron chi connectivity index (χ3n) is 2.49. The van der Waals surface area contributed by atoms with E-state index in [1.54, 1.807) is 18.3 Å². The van der Waals surface area contributed by atoms with Crippen LogP contribution < -0.4 is 0 Å². The maximum atomic E-state index is 12.0. The van der Waals surface area contributed by atoms with Gasteiger partial charge in [-0.3, -0.25) is 0 Å². The molecule has 0 aliphatic heterocycles. The Hall–Kier alpha value is -2.33. The molecule has 0 unspecified atom stereocenters. The van der Waals surface area contributed by atoms with Crippen molar-refractivity contribution in [3.63, 3.8) is 0 Å². The highest BCUT2D eigenvalue weighted by Crippen LogP contribution is 2.24. The molecule has 0 amide bonds. The third kappa shape index (κ3) is 4.07. The molecule has 7 heteroatoms. The molecule has 0 fully saturated rings. The van der Waals surface area contributed by atoms with Gasteiger partial charge in [-0.15, -0.1) is 0 Å².